The fraction of sp³-hybridized carbons (Fsp3) is 0.800. The van der Waals surface area contributed by atoms with Gasteiger partial charge in [-0.15, -0.1) is 0 Å². The number of rotatable bonds is 7. The first-order chi connectivity index (χ1) is 9.09. The highest BCUT2D eigenvalue weighted by molar-refractivity contribution is 5.33. The van der Waals surface area contributed by atoms with E-state index in [0.29, 0.717) is 0 Å². The zero-order valence-corrected chi connectivity index (χ0v) is 15.4. The summed E-state index contributed by atoms with van der Waals surface area (Å²) in [5.41, 5.74) is 3.74. The fourth-order valence-electron chi connectivity index (χ4n) is 2.43. The average Bonchev–Trinajstić information content (AvgIpc) is 2.27. The van der Waals surface area contributed by atoms with Crippen molar-refractivity contribution in [2.24, 2.45) is 10.8 Å². The van der Waals surface area contributed by atoms with Gasteiger partial charge in [0.15, 0.2) is 0 Å². The summed E-state index contributed by atoms with van der Waals surface area (Å²) >= 11 is 0. The van der Waals surface area contributed by atoms with Crippen molar-refractivity contribution in [1.82, 2.24) is 0 Å². The Balaban J connectivity index is 5.39. The normalized spacial score (nSPS) is 14.8. The van der Waals surface area contributed by atoms with Crippen LogP contribution in [0, 0.1) is 10.8 Å². The summed E-state index contributed by atoms with van der Waals surface area (Å²) in [6.45, 7) is 18.4. The molecule has 0 fully saturated rings. The van der Waals surface area contributed by atoms with Crippen LogP contribution in [0.1, 0.15) is 93.9 Å². The predicted molar refractivity (Wildman–Crippen MR) is 94.1 cm³/mol. The molecule has 118 valence electrons. The van der Waals surface area contributed by atoms with Crippen LogP contribution < -0.4 is 0 Å². The number of hydrogen-bond donors (Lipinski definition) is 0. The zero-order valence-electron chi connectivity index (χ0n) is 15.4. The highest BCUT2D eigenvalue weighted by Crippen LogP contribution is 2.31. The van der Waals surface area contributed by atoms with E-state index in [0.717, 1.165) is 0 Å². The van der Waals surface area contributed by atoms with Gasteiger partial charge in [0.2, 0.25) is 0 Å². The average molecular weight is 279 g/mol. The van der Waals surface area contributed by atoms with Crippen molar-refractivity contribution in [3.05, 3.63) is 23.3 Å². The molecule has 0 aliphatic carbocycles. The molecule has 20 heavy (non-hydrogen) atoms. The molecule has 0 aliphatic rings. The minimum absolute atomic E-state index is 0.270. The van der Waals surface area contributed by atoms with Crippen molar-refractivity contribution in [3.63, 3.8) is 0 Å². The van der Waals surface area contributed by atoms with Crippen LogP contribution in [0.4, 0.5) is 0 Å². The second-order valence-corrected chi connectivity index (χ2v) is 8.28. The van der Waals surface area contributed by atoms with Gasteiger partial charge in [-0.2, -0.15) is 0 Å². The SMILES string of the molecule is CCCCC(=C/C(C)(C)C)/C(=C/C(C)(C)C)CCCC. The van der Waals surface area contributed by atoms with E-state index >= 15 is 0 Å². The largest absolute Gasteiger partial charge is 0.0757 e. The molecule has 0 bridgehead atoms. The van der Waals surface area contributed by atoms with Crippen molar-refractivity contribution < 1.29 is 0 Å². The Hall–Kier alpha value is -0.520. The van der Waals surface area contributed by atoms with Gasteiger partial charge in [0.25, 0.3) is 0 Å². The Bertz CT molecular complexity index is 281. The van der Waals surface area contributed by atoms with Crippen molar-refractivity contribution in [2.45, 2.75) is 93.9 Å². The van der Waals surface area contributed by atoms with Gasteiger partial charge < -0.3 is 0 Å². The van der Waals surface area contributed by atoms with Crippen LogP contribution in [0.5, 0.6) is 0 Å². The van der Waals surface area contributed by atoms with Crippen molar-refractivity contribution >= 4 is 0 Å². The Labute approximate surface area is 128 Å². The third-order valence-electron chi connectivity index (χ3n) is 3.23. The summed E-state index contributed by atoms with van der Waals surface area (Å²) in [5.74, 6) is 0. The van der Waals surface area contributed by atoms with Crippen LogP contribution in [0.3, 0.4) is 0 Å². The monoisotopic (exact) mass is 278 g/mol. The topological polar surface area (TPSA) is 0 Å². The summed E-state index contributed by atoms with van der Waals surface area (Å²) in [6, 6.07) is 0. The molecule has 0 unspecified atom stereocenters. The minimum Gasteiger partial charge on any atom is -0.0757 e. The molecule has 0 saturated carbocycles. The van der Waals surface area contributed by atoms with Crippen molar-refractivity contribution in [1.29, 1.82) is 0 Å². The van der Waals surface area contributed by atoms with Crippen molar-refractivity contribution in [3.8, 4) is 0 Å². The van der Waals surface area contributed by atoms with Gasteiger partial charge in [0.1, 0.15) is 0 Å². The summed E-state index contributed by atoms with van der Waals surface area (Å²) in [4.78, 5) is 0. The molecule has 0 aromatic rings. The second kappa shape index (κ2) is 8.70. The molecular formula is C20H38. The standard InChI is InChI=1S/C20H38/c1-9-11-13-17(15-19(3,4)5)18(14-12-10-2)16-20(6,7)8/h15-16H,9-14H2,1-8H3/b17-15-,18-16+. The Morgan fingerprint density at radius 2 is 0.950 bits per heavy atom. The summed E-state index contributed by atoms with van der Waals surface area (Å²) in [7, 11) is 0. The van der Waals surface area contributed by atoms with E-state index in [1.54, 1.807) is 11.1 Å². The number of unbranched alkanes of at least 4 members (excludes halogenated alkanes) is 2. The summed E-state index contributed by atoms with van der Waals surface area (Å²) < 4.78 is 0. The van der Waals surface area contributed by atoms with Gasteiger partial charge >= 0.3 is 0 Å². The molecule has 0 nitrogen and oxygen atoms in total. The van der Waals surface area contributed by atoms with Gasteiger partial charge in [-0.25, -0.2) is 0 Å². The first-order valence-corrected chi connectivity index (χ1v) is 8.53. The molecular weight excluding hydrogens is 240 g/mol. The highest BCUT2D eigenvalue weighted by atomic mass is 14.2. The van der Waals surface area contributed by atoms with E-state index in [1.807, 2.05) is 0 Å². The number of hydrogen-bond acceptors (Lipinski definition) is 0. The zero-order chi connectivity index (χ0) is 15.8. The lowest BCUT2D eigenvalue weighted by atomic mass is 9.83. The first-order valence-electron chi connectivity index (χ1n) is 8.53. The van der Waals surface area contributed by atoms with Gasteiger partial charge in [0.05, 0.1) is 0 Å². The third kappa shape index (κ3) is 10.3. The maximum Gasteiger partial charge on any atom is -0.0197 e. The highest BCUT2D eigenvalue weighted by Gasteiger charge is 2.15. The van der Waals surface area contributed by atoms with E-state index < -0.39 is 0 Å². The first kappa shape index (κ1) is 19.5. The molecule has 0 heteroatoms. The minimum atomic E-state index is 0.270. The maximum atomic E-state index is 2.51. The maximum absolute atomic E-state index is 2.51. The molecule has 0 N–H and O–H groups in total. The van der Waals surface area contributed by atoms with Crippen LogP contribution in [0.2, 0.25) is 0 Å². The lowest BCUT2D eigenvalue weighted by Gasteiger charge is -2.22. The van der Waals surface area contributed by atoms with Crippen LogP contribution in [-0.2, 0) is 0 Å². The lowest BCUT2D eigenvalue weighted by Crippen LogP contribution is -2.07. The molecule has 0 rings (SSSR count). The molecule has 0 aliphatic heterocycles. The molecule has 0 spiro atoms. The van der Waals surface area contributed by atoms with Crippen LogP contribution in [0.15, 0.2) is 23.3 Å². The molecule has 0 radical (unpaired) electrons. The Kier molecular flexibility index (Phi) is 8.47. The molecule has 0 saturated heterocycles. The van der Waals surface area contributed by atoms with Crippen LogP contribution >= 0.6 is 0 Å². The third-order valence-corrected chi connectivity index (χ3v) is 3.23. The summed E-state index contributed by atoms with van der Waals surface area (Å²) in [6.07, 6.45) is 12.6. The molecule has 0 atom stereocenters. The van der Waals surface area contributed by atoms with Crippen LogP contribution in [-0.4, -0.2) is 0 Å². The lowest BCUT2D eigenvalue weighted by molar-refractivity contribution is 0.526. The van der Waals surface area contributed by atoms with E-state index in [-0.39, 0.29) is 10.8 Å². The van der Waals surface area contributed by atoms with E-state index in [9.17, 15) is 0 Å². The fourth-order valence-corrected chi connectivity index (χ4v) is 2.43. The second-order valence-electron chi connectivity index (χ2n) is 8.28. The van der Waals surface area contributed by atoms with Gasteiger partial charge in [0, 0.05) is 0 Å². The van der Waals surface area contributed by atoms with Crippen molar-refractivity contribution in [2.75, 3.05) is 0 Å². The molecule has 0 amide bonds. The Morgan fingerprint density at radius 3 is 1.15 bits per heavy atom. The van der Waals surface area contributed by atoms with Crippen LogP contribution in [0.25, 0.3) is 0 Å². The van der Waals surface area contributed by atoms with Gasteiger partial charge in [-0.05, 0) is 47.7 Å². The smallest absolute Gasteiger partial charge is 0.0197 e. The van der Waals surface area contributed by atoms with E-state index in [4.69, 9.17) is 0 Å². The van der Waals surface area contributed by atoms with E-state index in [2.05, 4.69) is 67.5 Å². The molecule has 0 aromatic heterocycles. The van der Waals surface area contributed by atoms with E-state index in [1.165, 1.54) is 38.5 Å². The number of allylic oxidation sites excluding steroid dienone is 4. The quantitative estimate of drug-likeness (QED) is 0.428. The van der Waals surface area contributed by atoms with Gasteiger partial charge in [-0.1, -0.05) is 80.4 Å². The summed E-state index contributed by atoms with van der Waals surface area (Å²) in [5, 5.41) is 0. The Morgan fingerprint density at radius 1 is 0.650 bits per heavy atom. The van der Waals surface area contributed by atoms with Gasteiger partial charge in [-0.3, -0.25) is 0 Å². The molecule has 0 aromatic carbocycles. The predicted octanol–water partition coefficient (Wildman–Crippen LogP) is 7.31. The molecule has 0 heterocycles.